The van der Waals surface area contributed by atoms with Crippen molar-refractivity contribution in [3.63, 3.8) is 0 Å². The molecule has 0 aliphatic rings. The second-order valence-corrected chi connectivity index (χ2v) is 4.77. The molecule has 0 bridgehead atoms. The Morgan fingerprint density at radius 2 is 1.42 bits per heavy atom. The van der Waals surface area contributed by atoms with Gasteiger partial charge in [0.15, 0.2) is 5.78 Å². The highest BCUT2D eigenvalue weighted by Crippen LogP contribution is 2.11. The molecular weight excluding hydrogens is 232 g/mol. The molecule has 19 heavy (non-hydrogen) atoms. The second kappa shape index (κ2) is 12.0. The van der Waals surface area contributed by atoms with Crippen molar-refractivity contribution in [1.29, 1.82) is 0 Å². The highest BCUT2D eigenvalue weighted by molar-refractivity contribution is 5.93. The number of benzene rings is 1. The standard InChI is InChI=1S/C16H24O.C2H6/c1-3-4-5-6-7-8-9-15-10-12-16(13-11-15)14(2)17;1-2/h10-13H,3-9H2,1-2H3;1-2H3. The van der Waals surface area contributed by atoms with Gasteiger partial charge in [-0.3, -0.25) is 4.79 Å². The van der Waals surface area contributed by atoms with Gasteiger partial charge in [0.25, 0.3) is 0 Å². The van der Waals surface area contributed by atoms with Crippen molar-refractivity contribution in [2.24, 2.45) is 0 Å². The van der Waals surface area contributed by atoms with Crippen LogP contribution in [-0.4, -0.2) is 5.78 Å². The molecular formula is C18H30O. The van der Waals surface area contributed by atoms with E-state index in [9.17, 15) is 4.79 Å². The van der Waals surface area contributed by atoms with E-state index in [0.717, 1.165) is 12.0 Å². The average molecular weight is 262 g/mol. The molecule has 1 heteroatoms. The molecule has 0 radical (unpaired) electrons. The highest BCUT2D eigenvalue weighted by atomic mass is 16.1. The van der Waals surface area contributed by atoms with Crippen LogP contribution in [0.3, 0.4) is 0 Å². The first-order chi connectivity index (χ1) is 9.24. The van der Waals surface area contributed by atoms with Crippen molar-refractivity contribution in [3.05, 3.63) is 35.4 Å². The number of carbonyl (C=O) groups excluding carboxylic acids is 1. The second-order valence-electron chi connectivity index (χ2n) is 4.77. The van der Waals surface area contributed by atoms with Gasteiger partial charge in [-0.25, -0.2) is 0 Å². The van der Waals surface area contributed by atoms with E-state index in [1.54, 1.807) is 6.92 Å². The highest BCUT2D eigenvalue weighted by Gasteiger charge is 1.99. The third-order valence-electron chi connectivity index (χ3n) is 3.18. The summed E-state index contributed by atoms with van der Waals surface area (Å²) in [5.74, 6) is 0.149. The first-order valence-electron chi connectivity index (χ1n) is 7.84. The van der Waals surface area contributed by atoms with Gasteiger partial charge in [0.05, 0.1) is 0 Å². The predicted molar refractivity (Wildman–Crippen MR) is 84.9 cm³/mol. The van der Waals surface area contributed by atoms with Crippen LogP contribution in [0.25, 0.3) is 0 Å². The Hall–Kier alpha value is -1.11. The third-order valence-corrected chi connectivity index (χ3v) is 3.18. The van der Waals surface area contributed by atoms with E-state index < -0.39 is 0 Å². The van der Waals surface area contributed by atoms with Crippen molar-refractivity contribution in [2.45, 2.75) is 72.6 Å². The van der Waals surface area contributed by atoms with Crippen molar-refractivity contribution in [2.75, 3.05) is 0 Å². The number of hydrogen-bond acceptors (Lipinski definition) is 1. The Labute approximate surface area is 119 Å². The number of ketones is 1. The van der Waals surface area contributed by atoms with Gasteiger partial charge in [0, 0.05) is 5.56 Å². The van der Waals surface area contributed by atoms with Crippen molar-refractivity contribution in [3.8, 4) is 0 Å². The summed E-state index contributed by atoms with van der Waals surface area (Å²) in [6, 6.07) is 8.05. The minimum Gasteiger partial charge on any atom is -0.295 e. The van der Waals surface area contributed by atoms with Crippen LogP contribution in [0.5, 0.6) is 0 Å². The lowest BCUT2D eigenvalue weighted by molar-refractivity contribution is 0.101. The number of aryl methyl sites for hydroxylation is 1. The molecule has 108 valence electrons. The van der Waals surface area contributed by atoms with E-state index in [1.807, 2.05) is 26.0 Å². The fraction of sp³-hybridized carbons (Fsp3) is 0.611. The van der Waals surface area contributed by atoms with Gasteiger partial charge in [0.2, 0.25) is 0 Å². The van der Waals surface area contributed by atoms with Crippen LogP contribution in [0.2, 0.25) is 0 Å². The minimum absolute atomic E-state index is 0.149. The molecule has 0 spiro atoms. The van der Waals surface area contributed by atoms with Crippen molar-refractivity contribution >= 4 is 5.78 Å². The Morgan fingerprint density at radius 1 is 0.895 bits per heavy atom. The Kier molecular flexibility index (Phi) is 11.3. The molecule has 0 aliphatic carbocycles. The number of carbonyl (C=O) groups is 1. The van der Waals surface area contributed by atoms with Crippen LogP contribution in [0, 0.1) is 0 Å². The molecule has 0 heterocycles. The lowest BCUT2D eigenvalue weighted by atomic mass is 10.0. The summed E-state index contributed by atoms with van der Waals surface area (Å²) in [5, 5.41) is 0. The van der Waals surface area contributed by atoms with Gasteiger partial charge < -0.3 is 0 Å². The monoisotopic (exact) mass is 262 g/mol. The lowest BCUT2D eigenvalue weighted by Crippen LogP contribution is -1.92. The van der Waals surface area contributed by atoms with E-state index in [2.05, 4.69) is 19.1 Å². The summed E-state index contributed by atoms with van der Waals surface area (Å²) in [6.45, 7) is 7.86. The molecule has 0 fully saturated rings. The van der Waals surface area contributed by atoms with Crippen LogP contribution in [0.15, 0.2) is 24.3 Å². The van der Waals surface area contributed by atoms with Gasteiger partial charge >= 0.3 is 0 Å². The van der Waals surface area contributed by atoms with E-state index in [-0.39, 0.29) is 5.78 Å². The lowest BCUT2D eigenvalue weighted by Gasteiger charge is -2.03. The smallest absolute Gasteiger partial charge is 0.159 e. The third kappa shape index (κ3) is 8.58. The maximum absolute atomic E-state index is 11.1. The predicted octanol–water partition coefficient (Wildman–Crippen LogP) is 5.82. The fourth-order valence-corrected chi connectivity index (χ4v) is 2.02. The van der Waals surface area contributed by atoms with Crippen molar-refractivity contribution < 1.29 is 4.79 Å². The normalized spacial score (nSPS) is 9.68. The van der Waals surface area contributed by atoms with Crippen LogP contribution in [-0.2, 0) is 6.42 Å². The number of hydrogen-bond donors (Lipinski definition) is 0. The molecule has 1 nitrogen and oxygen atoms in total. The number of unbranched alkanes of at least 4 members (excludes halogenated alkanes) is 5. The van der Waals surface area contributed by atoms with Gasteiger partial charge in [-0.15, -0.1) is 0 Å². The SMILES string of the molecule is CC.CCCCCCCCc1ccc(C(C)=O)cc1. The Morgan fingerprint density at radius 3 is 1.95 bits per heavy atom. The Balaban J connectivity index is 0.00000154. The van der Waals surface area contributed by atoms with Crippen LogP contribution in [0.4, 0.5) is 0 Å². The number of rotatable bonds is 8. The summed E-state index contributed by atoms with van der Waals surface area (Å²) < 4.78 is 0. The fourth-order valence-electron chi connectivity index (χ4n) is 2.02. The van der Waals surface area contributed by atoms with Crippen LogP contribution >= 0.6 is 0 Å². The van der Waals surface area contributed by atoms with E-state index in [0.29, 0.717) is 0 Å². The molecule has 0 amide bonds. The number of Topliss-reactive ketones (excluding diaryl/α,β-unsaturated/α-hetero) is 1. The van der Waals surface area contributed by atoms with Gasteiger partial charge in [-0.1, -0.05) is 77.1 Å². The topological polar surface area (TPSA) is 17.1 Å². The van der Waals surface area contributed by atoms with Gasteiger partial charge in [-0.05, 0) is 25.3 Å². The average Bonchev–Trinajstić information content (AvgIpc) is 2.45. The maximum atomic E-state index is 11.1. The van der Waals surface area contributed by atoms with Crippen molar-refractivity contribution in [1.82, 2.24) is 0 Å². The van der Waals surface area contributed by atoms with E-state index >= 15 is 0 Å². The molecule has 1 aromatic rings. The Bertz CT molecular complexity index is 324. The quantitative estimate of drug-likeness (QED) is 0.426. The zero-order valence-electron chi connectivity index (χ0n) is 13.2. The molecule has 0 atom stereocenters. The van der Waals surface area contributed by atoms with E-state index in [1.165, 1.54) is 44.1 Å². The molecule has 0 aliphatic heterocycles. The summed E-state index contributed by atoms with van der Waals surface area (Å²) >= 11 is 0. The molecule has 0 saturated carbocycles. The molecule has 1 aromatic carbocycles. The zero-order valence-corrected chi connectivity index (χ0v) is 13.2. The van der Waals surface area contributed by atoms with Crippen LogP contribution in [0.1, 0.15) is 82.1 Å². The first kappa shape index (κ1) is 17.9. The zero-order chi connectivity index (χ0) is 14.5. The van der Waals surface area contributed by atoms with E-state index in [4.69, 9.17) is 0 Å². The summed E-state index contributed by atoms with van der Waals surface area (Å²) in [4.78, 5) is 11.1. The summed E-state index contributed by atoms with van der Waals surface area (Å²) in [7, 11) is 0. The summed E-state index contributed by atoms with van der Waals surface area (Å²) in [5.41, 5.74) is 2.17. The minimum atomic E-state index is 0.149. The molecule has 1 rings (SSSR count). The molecule has 0 unspecified atom stereocenters. The largest absolute Gasteiger partial charge is 0.295 e. The summed E-state index contributed by atoms with van der Waals surface area (Å²) in [6.07, 6.45) is 9.15. The van der Waals surface area contributed by atoms with Gasteiger partial charge in [0.1, 0.15) is 0 Å². The van der Waals surface area contributed by atoms with Gasteiger partial charge in [-0.2, -0.15) is 0 Å². The van der Waals surface area contributed by atoms with Crippen LogP contribution < -0.4 is 0 Å². The maximum Gasteiger partial charge on any atom is 0.159 e. The molecule has 0 saturated heterocycles. The molecule has 0 aromatic heterocycles. The molecule has 0 N–H and O–H groups in total. The first-order valence-corrected chi connectivity index (χ1v) is 7.84.